The fraction of sp³-hybridized carbons (Fsp3) is 0.909. The molecule has 1 aliphatic heterocycles. The highest BCUT2D eigenvalue weighted by molar-refractivity contribution is 5.74. The Labute approximate surface area is 87.1 Å². The molecule has 1 saturated heterocycles. The van der Waals surface area contributed by atoms with E-state index in [0.717, 1.165) is 19.5 Å². The lowest BCUT2D eigenvalue weighted by Crippen LogP contribution is -2.46. The maximum Gasteiger partial charge on any atom is 0.319 e. The molecule has 1 fully saturated rings. The summed E-state index contributed by atoms with van der Waals surface area (Å²) in [4.78, 5) is 15.8. The SMILES string of the molecule is CCC(C)N(C)C(=O)N1CCCCC1. The van der Waals surface area contributed by atoms with Gasteiger partial charge in [0, 0.05) is 26.2 Å². The third-order valence-corrected chi connectivity index (χ3v) is 3.18. The van der Waals surface area contributed by atoms with Gasteiger partial charge in [-0.1, -0.05) is 6.92 Å². The molecule has 0 bridgehead atoms. The van der Waals surface area contributed by atoms with E-state index in [-0.39, 0.29) is 6.03 Å². The summed E-state index contributed by atoms with van der Waals surface area (Å²) in [6.07, 6.45) is 4.63. The molecular formula is C11H22N2O. The highest BCUT2D eigenvalue weighted by Gasteiger charge is 2.22. The monoisotopic (exact) mass is 198 g/mol. The van der Waals surface area contributed by atoms with Gasteiger partial charge in [-0.05, 0) is 32.6 Å². The van der Waals surface area contributed by atoms with E-state index in [2.05, 4.69) is 13.8 Å². The Morgan fingerprint density at radius 3 is 2.43 bits per heavy atom. The summed E-state index contributed by atoms with van der Waals surface area (Å²) in [5, 5.41) is 0. The lowest BCUT2D eigenvalue weighted by atomic mass is 10.1. The summed E-state index contributed by atoms with van der Waals surface area (Å²) < 4.78 is 0. The Balaban J connectivity index is 2.46. The Kier molecular flexibility index (Phi) is 4.23. The first-order valence-electron chi connectivity index (χ1n) is 5.68. The molecule has 0 spiro atoms. The van der Waals surface area contributed by atoms with E-state index in [4.69, 9.17) is 0 Å². The smallest absolute Gasteiger partial charge is 0.319 e. The molecule has 0 N–H and O–H groups in total. The molecule has 1 unspecified atom stereocenters. The Bertz CT molecular complexity index is 184. The van der Waals surface area contributed by atoms with Gasteiger partial charge in [0.05, 0.1) is 0 Å². The van der Waals surface area contributed by atoms with Gasteiger partial charge in [-0.3, -0.25) is 0 Å². The number of nitrogens with zero attached hydrogens (tertiary/aromatic N) is 2. The molecule has 3 nitrogen and oxygen atoms in total. The average Bonchev–Trinajstić information content (AvgIpc) is 2.27. The van der Waals surface area contributed by atoms with Crippen molar-refractivity contribution in [3.8, 4) is 0 Å². The van der Waals surface area contributed by atoms with Crippen LogP contribution in [0.3, 0.4) is 0 Å². The minimum Gasteiger partial charge on any atom is -0.325 e. The van der Waals surface area contributed by atoms with Gasteiger partial charge in [0.15, 0.2) is 0 Å². The van der Waals surface area contributed by atoms with Crippen LogP contribution in [-0.4, -0.2) is 42.0 Å². The molecular weight excluding hydrogens is 176 g/mol. The predicted molar refractivity (Wildman–Crippen MR) is 58.3 cm³/mol. The first-order chi connectivity index (χ1) is 6.66. The van der Waals surface area contributed by atoms with E-state index in [1.54, 1.807) is 0 Å². The maximum absolute atomic E-state index is 12.0. The summed E-state index contributed by atoms with van der Waals surface area (Å²) in [5.41, 5.74) is 0. The van der Waals surface area contributed by atoms with Crippen LogP contribution in [0.2, 0.25) is 0 Å². The van der Waals surface area contributed by atoms with Crippen molar-refractivity contribution in [1.29, 1.82) is 0 Å². The minimum atomic E-state index is 0.207. The van der Waals surface area contributed by atoms with Crippen molar-refractivity contribution >= 4 is 6.03 Å². The van der Waals surface area contributed by atoms with Gasteiger partial charge in [-0.15, -0.1) is 0 Å². The van der Waals surface area contributed by atoms with Gasteiger partial charge in [-0.2, -0.15) is 0 Å². The largest absolute Gasteiger partial charge is 0.325 e. The van der Waals surface area contributed by atoms with Gasteiger partial charge in [-0.25, -0.2) is 4.79 Å². The first-order valence-corrected chi connectivity index (χ1v) is 5.68. The summed E-state index contributed by atoms with van der Waals surface area (Å²) in [6.45, 7) is 6.10. The molecule has 0 saturated carbocycles. The van der Waals surface area contributed by atoms with Crippen molar-refractivity contribution in [1.82, 2.24) is 9.80 Å². The second kappa shape index (κ2) is 5.23. The van der Waals surface area contributed by atoms with Crippen LogP contribution in [0.4, 0.5) is 4.79 Å². The van der Waals surface area contributed by atoms with Crippen molar-refractivity contribution in [2.45, 2.75) is 45.6 Å². The van der Waals surface area contributed by atoms with Crippen LogP contribution in [-0.2, 0) is 0 Å². The van der Waals surface area contributed by atoms with Gasteiger partial charge < -0.3 is 9.80 Å². The van der Waals surface area contributed by atoms with Crippen molar-refractivity contribution in [2.75, 3.05) is 20.1 Å². The standard InChI is InChI=1S/C11H22N2O/c1-4-10(2)12(3)11(14)13-8-6-5-7-9-13/h10H,4-9H2,1-3H3. The predicted octanol–water partition coefficient (Wildman–Crippen LogP) is 2.32. The molecule has 1 atom stereocenters. The molecule has 0 radical (unpaired) electrons. The first kappa shape index (κ1) is 11.3. The summed E-state index contributed by atoms with van der Waals surface area (Å²) in [7, 11) is 1.91. The van der Waals surface area contributed by atoms with Crippen LogP contribution >= 0.6 is 0 Å². The van der Waals surface area contributed by atoms with Crippen LogP contribution in [0.1, 0.15) is 39.5 Å². The average molecular weight is 198 g/mol. The Morgan fingerprint density at radius 2 is 1.93 bits per heavy atom. The molecule has 1 rings (SSSR count). The molecule has 3 heteroatoms. The minimum absolute atomic E-state index is 0.207. The lowest BCUT2D eigenvalue weighted by molar-refractivity contribution is 0.139. The van der Waals surface area contributed by atoms with Crippen LogP contribution in [0.25, 0.3) is 0 Å². The van der Waals surface area contributed by atoms with Gasteiger partial charge in [0.2, 0.25) is 0 Å². The van der Waals surface area contributed by atoms with Crippen molar-refractivity contribution < 1.29 is 4.79 Å². The summed E-state index contributed by atoms with van der Waals surface area (Å²) >= 11 is 0. The molecule has 82 valence electrons. The number of hydrogen-bond acceptors (Lipinski definition) is 1. The van der Waals surface area contributed by atoms with Crippen LogP contribution < -0.4 is 0 Å². The number of carbonyl (C=O) groups is 1. The van der Waals surface area contributed by atoms with E-state index in [0.29, 0.717) is 6.04 Å². The van der Waals surface area contributed by atoms with E-state index in [1.165, 1.54) is 19.3 Å². The lowest BCUT2D eigenvalue weighted by Gasteiger charge is -2.33. The molecule has 2 amide bonds. The molecule has 0 aromatic carbocycles. The zero-order chi connectivity index (χ0) is 10.6. The molecule has 0 aromatic heterocycles. The highest BCUT2D eigenvalue weighted by atomic mass is 16.2. The second-order valence-electron chi connectivity index (χ2n) is 4.20. The fourth-order valence-electron chi connectivity index (χ4n) is 1.77. The number of likely N-dealkylation sites (tertiary alicyclic amines) is 1. The maximum atomic E-state index is 12.0. The van der Waals surface area contributed by atoms with E-state index in [9.17, 15) is 4.79 Å². The number of piperidine rings is 1. The number of carbonyl (C=O) groups excluding carboxylic acids is 1. The van der Waals surface area contributed by atoms with Crippen molar-refractivity contribution in [2.24, 2.45) is 0 Å². The normalized spacial score (nSPS) is 19.2. The zero-order valence-corrected chi connectivity index (χ0v) is 9.62. The topological polar surface area (TPSA) is 23.6 Å². The fourth-order valence-corrected chi connectivity index (χ4v) is 1.77. The van der Waals surface area contributed by atoms with E-state index < -0.39 is 0 Å². The highest BCUT2D eigenvalue weighted by Crippen LogP contribution is 2.12. The van der Waals surface area contributed by atoms with Crippen molar-refractivity contribution in [3.63, 3.8) is 0 Å². The molecule has 1 aliphatic rings. The molecule has 1 heterocycles. The van der Waals surface area contributed by atoms with Gasteiger partial charge >= 0.3 is 6.03 Å². The molecule has 0 aliphatic carbocycles. The number of amides is 2. The van der Waals surface area contributed by atoms with Crippen LogP contribution in [0.5, 0.6) is 0 Å². The van der Waals surface area contributed by atoms with Crippen molar-refractivity contribution in [3.05, 3.63) is 0 Å². The number of hydrogen-bond donors (Lipinski definition) is 0. The third kappa shape index (κ3) is 2.63. The number of urea groups is 1. The van der Waals surface area contributed by atoms with E-state index in [1.807, 2.05) is 16.8 Å². The quantitative estimate of drug-likeness (QED) is 0.668. The van der Waals surface area contributed by atoms with Gasteiger partial charge in [0.25, 0.3) is 0 Å². The van der Waals surface area contributed by atoms with Crippen LogP contribution in [0, 0.1) is 0 Å². The summed E-state index contributed by atoms with van der Waals surface area (Å²) in [5.74, 6) is 0. The summed E-state index contributed by atoms with van der Waals surface area (Å²) in [6, 6.07) is 0.559. The molecule has 14 heavy (non-hydrogen) atoms. The second-order valence-corrected chi connectivity index (χ2v) is 4.20. The third-order valence-electron chi connectivity index (χ3n) is 3.18. The zero-order valence-electron chi connectivity index (χ0n) is 9.62. The van der Waals surface area contributed by atoms with E-state index >= 15 is 0 Å². The van der Waals surface area contributed by atoms with Crippen LogP contribution in [0.15, 0.2) is 0 Å². The Hall–Kier alpha value is -0.730. The Morgan fingerprint density at radius 1 is 1.36 bits per heavy atom. The van der Waals surface area contributed by atoms with Gasteiger partial charge in [0.1, 0.15) is 0 Å². The molecule has 0 aromatic rings. The number of rotatable bonds is 2.